The molecule has 1 unspecified atom stereocenters. The molecule has 0 spiro atoms. The molecule has 0 aromatic rings. The zero-order chi connectivity index (χ0) is 27.3. The van der Waals surface area contributed by atoms with E-state index in [1.165, 1.54) is 4.74 Å². The molecule has 198 valence electrons. The number of nitrogens with one attached hydrogen (secondary N) is 1. The Morgan fingerprint density at radius 2 is 1.03 bits per heavy atom. The van der Waals surface area contributed by atoms with Gasteiger partial charge in [-0.2, -0.15) is 70.2 Å². The van der Waals surface area contributed by atoms with Crippen molar-refractivity contribution in [1.29, 1.82) is 0 Å². The monoisotopic (exact) mass is 575 g/mol. The summed E-state index contributed by atoms with van der Waals surface area (Å²) in [6.07, 6.45) is -27.3. The molecular weight excluding hydrogens is 574 g/mol. The average molecular weight is 575 g/mol. The van der Waals surface area contributed by atoms with Crippen molar-refractivity contribution < 1.29 is 96.6 Å². The van der Waals surface area contributed by atoms with Crippen LogP contribution in [-0.4, -0.2) is 51.8 Å². The van der Waals surface area contributed by atoms with E-state index in [9.17, 15) is 87.1 Å². The highest BCUT2D eigenvalue weighted by molar-refractivity contribution is 8.05. The Balaban J connectivity index is 6.63. The van der Waals surface area contributed by atoms with Crippen LogP contribution in [0, 0.1) is 0 Å². The first kappa shape index (κ1) is 31.2. The number of halogens is 16. The third-order valence-electron chi connectivity index (χ3n) is 2.57. The van der Waals surface area contributed by atoms with Crippen LogP contribution in [0.1, 0.15) is 0 Å². The van der Waals surface area contributed by atoms with Crippen LogP contribution in [0.3, 0.4) is 0 Å². The van der Waals surface area contributed by atoms with E-state index in [-0.39, 0.29) is 0 Å². The van der Waals surface area contributed by atoms with E-state index in [0.717, 1.165) is 0 Å². The minimum absolute atomic E-state index is 1.15. The van der Waals surface area contributed by atoms with Gasteiger partial charge in [0.25, 0.3) is 10.0 Å². The molecule has 7 nitrogen and oxygen atoms in total. The molecule has 0 radical (unpaired) electrons. The van der Waals surface area contributed by atoms with E-state index in [0.29, 0.717) is 0 Å². The molecule has 0 aromatic heterocycles. The fraction of sp³-hybridized carbons (Fsp3) is 0.750. The molecule has 0 saturated carbocycles. The van der Waals surface area contributed by atoms with Gasteiger partial charge in [0.15, 0.2) is 0 Å². The topological polar surface area (TPSA) is 98.8 Å². The van der Waals surface area contributed by atoms with E-state index < -0.39 is 71.3 Å². The standard InChI is InChI=1S/C8HF16NO6S2/c9-1(10)2(11)30-5(16,17)3(12,4(13,14)15)31-6(18,19)7(20,21)32(26,27)25-33(28,29)8(22,23)24/h25H. The molecule has 0 saturated heterocycles. The second-order valence-corrected chi connectivity index (χ2v) is 8.57. The molecule has 33 heavy (non-hydrogen) atoms. The third-order valence-corrected chi connectivity index (χ3v) is 5.85. The van der Waals surface area contributed by atoms with Gasteiger partial charge in [-0.1, -0.05) is 4.13 Å². The van der Waals surface area contributed by atoms with Crippen molar-refractivity contribution in [3.05, 3.63) is 12.1 Å². The van der Waals surface area contributed by atoms with E-state index in [1.807, 2.05) is 0 Å². The third kappa shape index (κ3) is 5.84. The van der Waals surface area contributed by atoms with Gasteiger partial charge in [-0.3, -0.25) is 4.74 Å². The number of sulfonamides is 2. The van der Waals surface area contributed by atoms with Crippen LogP contribution in [0.4, 0.5) is 70.2 Å². The van der Waals surface area contributed by atoms with E-state index in [2.05, 4.69) is 0 Å². The molecule has 0 aliphatic rings. The smallest absolute Gasteiger partial charge is 0.398 e. The zero-order valence-corrected chi connectivity index (χ0v) is 15.4. The lowest BCUT2D eigenvalue weighted by atomic mass is 10.2. The fourth-order valence-electron chi connectivity index (χ4n) is 1.14. The Kier molecular flexibility index (Phi) is 8.02. The van der Waals surface area contributed by atoms with E-state index in [4.69, 9.17) is 0 Å². The summed E-state index contributed by atoms with van der Waals surface area (Å²) in [6, 6.07) is -4.12. The van der Waals surface area contributed by atoms with Gasteiger partial charge >= 0.3 is 57.1 Å². The largest absolute Gasteiger partial charge is 0.512 e. The highest BCUT2D eigenvalue weighted by Crippen LogP contribution is 2.53. The van der Waals surface area contributed by atoms with Crippen LogP contribution in [0.2, 0.25) is 0 Å². The molecule has 0 aliphatic carbocycles. The second kappa shape index (κ2) is 8.47. The quantitative estimate of drug-likeness (QED) is 0.332. The maximum absolute atomic E-state index is 13.7. The minimum atomic E-state index is -8.15. The Labute approximate surface area is 169 Å². The van der Waals surface area contributed by atoms with Gasteiger partial charge in [0, 0.05) is 0 Å². The zero-order valence-electron chi connectivity index (χ0n) is 13.8. The normalized spacial score (nSPS) is 16.8. The van der Waals surface area contributed by atoms with Gasteiger partial charge in [0.1, 0.15) is 0 Å². The van der Waals surface area contributed by atoms with Crippen LogP contribution in [-0.2, 0) is 29.5 Å². The van der Waals surface area contributed by atoms with Crippen LogP contribution in [0.5, 0.6) is 0 Å². The lowest BCUT2D eigenvalue weighted by molar-refractivity contribution is -0.510. The molecule has 0 rings (SSSR count). The Hall–Kier alpha value is -1.76. The number of alkyl halides is 13. The summed E-state index contributed by atoms with van der Waals surface area (Å²) in [5.41, 5.74) is -6.86. The van der Waals surface area contributed by atoms with Gasteiger partial charge in [0.2, 0.25) is 0 Å². The molecule has 0 aromatic carbocycles. The predicted octanol–water partition coefficient (Wildman–Crippen LogP) is 3.83. The molecule has 0 aliphatic heterocycles. The number of hydrogen-bond donors (Lipinski definition) is 1. The van der Waals surface area contributed by atoms with Crippen LogP contribution in [0.15, 0.2) is 12.1 Å². The van der Waals surface area contributed by atoms with Gasteiger partial charge in [0.05, 0.1) is 0 Å². The average Bonchev–Trinajstić information content (AvgIpc) is 2.49. The first-order valence-corrected chi connectivity index (χ1v) is 9.29. The summed E-state index contributed by atoms with van der Waals surface area (Å²) in [5, 5.41) is -7.77. The molecule has 0 heterocycles. The van der Waals surface area contributed by atoms with Crippen molar-refractivity contribution in [1.82, 2.24) is 4.13 Å². The molecule has 1 N–H and O–H groups in total. The maximum Gasteiger partial charge on any atom is 0.512 e. The van der Waals surface area contributed by atoms with E-state index in [1.54, 1.807) is 4.74 Å². The second-order valence-electron chi connectivity index (χ2n) is 4.92. The highest BCUT2D eigenvalue weighted by Gasteiger charge is 2.83. The number of rotatable bonds is 9. The first-order chi connectivity index (χ1) is 14.0. The fourth-order valence-corrected chi connectivity index (χ4v) is 3.44. The molecule has 1 atom stereocenters. The van der Waals surface area contributed by atoms with Gasteiger partial charge in [-0.05, 0) is 0 Å². The van der Waals surface area contributed by atoms with Crippen molar-refractivity contribution in [3.8, 4) is 0 Å². The summed E-state index contributed by atoms with van der Waals surface area (Å²) in [6.45, 7) is 0. The molecule has 0 bridgehead atoms. The SMILES string of the molecule is O=S(=O)(NS(=O)(=O)C(F)(F)C(F)(F)OC(F)(C(F)(F)F)C(F)(F)OC(F)=C(F)F)C(F)(F)F. The van der Waals surface area contributed by atoms with Crippen molar-refractivity contribution >= 4 is 20.0 Å². The van der Waals surface area contributed by atoms with Gasteiger partial charge in [-0.15, -0.1) is 0 Å². The summed E-state index contributed by atoms with van der Waals surface area (Å²) >= 11 is 0. The Morgan fingerprint density at radius 3 is 1.33 bits per heavy atom. The van der Waals surface area contributed by atoms with Crippen LogP contribution in [0.25, 0.3) is 0 Å². The minimum Gasteiger partial charge on any atom is -0.398 e. The maximum atomic E-state index is 13.7. The first-order valence-electron chi connectivity index (χ1n) is 6.32. The van der Waals surface area contributed by atoms with Crippen LogP contribution >= 0.6 is 0 Å². The van der Waals surface area contributed by atoms with Crippen molar-refractivity contribution in [2.75, 3.05) is 0 Å². The molecule has 0 fully saturated rings. The summed E-state index contributed by atoms with van der Waals surface area (Å²) in [4.78, 5) is 0. The Bertz CT molecular complexity index is 977. The van der Waals surface area contributed by atoms with Gasteiger partial charge < -0.3 is 4.74 Å². The highest BCUT2D eigenvalue weighted by atomic mass is 32.3. The van der Waals surface area contributed by atoms with Crippen LogP contribution < -0.4 is 4.13 Å². The lowest BCUT2D eigenvalue weighted by Crippen LogP contribution is -2.65. The lowest BCUT2D eigenvalue weighted by Gasteiger charge is -2.36. The molecular formula is C8HF16NO6S2. The summed E-state index contributed by atoms with van der Waals surface area (Å²) in [7, 11) is -15.7. The summed E-state index contributed by atoms with van der Waals surface area (Å²) < 4.78 is 248. The van der Waals surface area contributed by atoms with Crippen molar-refractivity contribution in [3.63, 3.8) is 0 Å². The number of hydrogen-bond acceptors (Lipinski definition) is 6. The molecule has 0 amide bonds. The predicted molar refractivity (Wildman–Crippen MR) is 64.3 cm³/mol. The van der Waals surface area contributed by atoms with Crippen molar-refractivity contribution in [2.45, 2.75) is 35.0 Å². The van der Waals surface area contributed by atoms with Gasteiger partial charge in [-0.25, -0.2) is 16.8 Å². The number of ether oxygens (including phenoxy) is 2. The van der Waals surface area contributed by atoms with E-state index >= 15 is 0 Å². The Morgan fingerprint density at radius 1 is 0.636 bits per heavy atom. The molecule has 25 heteroatoms. The van der Waals surface area contributed by atoms with Crippen molar-refractivity contribution in [2.24, 2.45) is 0 Å². The summed E-state index contributed by atoms with van der Waals surface area (Å²) in [5.74, 6) is -7.84.